The molecule has 0 bridgehead atoms. The smallest absolute Gasteiger partial charge is 0.196 e. The molecule has 0 amide bonds. The Morgan fingerprint density at radius 2 is 2.28 bits per heavy atom. The van der Waals surface area contributed by atoms with Crippen molar-refractivity contribution in [1.82, 2.24) is 0 Å². The summed E-state index contributed by atoms with van der Waals surface area (Å²) in [6.45, 7) is 5.18. The molecule has 1 aliphatic rings. The predicted octanol–water partition coefficient (Wildman–Crippen LogP) is 2.73. The molecule has 0 saturated heterocycles. The molecule has 4 nitrogen and oxygen atoms in total. The third kappa shape index (κ3) is 2.93. The number of furan rings is 1. The van der Waals surface area contributed by atoms with E-state index in [1.807, 2.05) is 6.07 Å². The van der Waals surface area contributed by atoms with Gasteiger partial charge >= 0.3 is 0 Å². The van der Waals surface area contributed by atoms with E-state index in [1.54, 1.807) is 13.2 Å². The molecule has 0 spiro atoms. The van der Waals surface area contributed by atoms with Crippen LogP contribution in [0.1, 0.15) is 37.2 Å². The van der Waals surface area contributed by atoms with Crippen LogP contribution in [0, 0.1) is 5.92 Å². The molecule has 1 aromatic heterocycles. The second-order valence-electron chi connectivity index (χ2n) is 4.96. The summed E-state index contributed by atoms with van der Waals surface area (Å²) in [6, 6.07) is 4.06. The molecule has 1 heterocycles. The molecule has 0 radical (unpaired) electrons. The topological polar surface area (TPSA) is 42.7 Å². The van der Waals surface area contributed by atoms with Gasteiger partial charge in [-0.1, -0.05) is 0 Å². The van der Waals surface area contributed by atoms with Crippen molar-refractivity contribution < 1.29 is 13.9 Å². The van der Waals surface area contributed by atoms with Gasteiger partial charge in [0.25, 0.3) is 0 Å². The molecule has 1 fully saturated rings. The first-order chi connectivity index (χ1) is 8.63. The molecule has 0 N–H and O–H groups in total. The number of hydrogen-bond donors (Lipinski definition) is 0. The summed E-state index contributed by atoms with van der Waals surface area (Å²) in [4.78, 5) is 13.5. The van der Waals surface area contributed by atoms with Crippen LogP contribution in [-0.2, 0) is 4.74 Å². The highest BCUT2D eigenvalue weighted by Gasteiger charge is 2.33. The number of ketones is 1. The zero-order chi connectivity index (χ0) is 13.1. The highest BCUT2D eigenvalue weighted by molar-refractivity contribution is 5.91. The molecule has 1 aromatic rings. The van der Waals surface area contributed by atoms with Gasteiger partial charge in [0.15, 0.2) is 17.4 Å². The summed E-state index contributed by atoms with van der Waals surface area (Å²) in [5.41, 5.74) is 0. The number of methoxy groups -OCH3 is 1. The Hall–Kier alpha value is -1.29. The Labute approximate surface area is 108 Å². The van der Waals surface area contributed by atoms with Crippen LogP contribution in [0.5, 0.6) is 0 Å². The molecule has 2 rings (SSSR count). The number of anilines is 1. The second-order valence-corrected chi connectivity index (χ2v) is 4.96. The zero-order valence-electron chi connectivity index (χ0n) is 11.3. The fraction of sp³-hybridized carbons (Fsp3) is 0.643. The fourth-order valence-electron chi connectivity index (χ4n) is 2.21. The number of carbonyl (C=O) groups is 1. The van der Waals surface area contributed by atoms with Crippen LogP contribution < -0.4 is 4.90 Å². The van der Waals surface area contributed by atoms with E-state index in [-0.39, 0.29) is 5.78 Å². The van der Waals surface area contributed by atoms with Crippen LogP contribution in [-0.4, -0.2) is 32.1 Å². The van der Waals surface area contributed by atoms with Crippen LogP contribution in [0.25, 0.3) is 0 Å². The lowest BCUT2D eigenvalue weighted by Gasteiger charge is -2.28. The zero-order valence-corrected chi connectivity index (χ0v) is 11.3. The summed E-state index contributed by atoms with van der Waals surface area (Å²) < 4.78 is 10.8. The van der Waals surface area contributed by atoms with Gasteiger partial charge in [-0.3, -0.25) is 4.79 Å². The third-order valence-corrected chi connectivity index (χ3v) is 3.55. The number of ether oxygens (including phenoxy) is 1. The normalized spacial score (nSPS) is 16.6. The van der Waals surface area contributed by atoms with E-state index in [9.17, 15) is 4.79 Å². The maximum Gasteiger partial charge on any atom is 0.196 e. The molecular formula is C14H21NO3. The lowest BCUT2D eigenvalue weighted by atomic mass is 10.2. The van der Waals surface area contributed by atoms with Gasteiger partial charge in [0.05, 0.1) is 6.61 Å². The molecule has 4 heteroatoms. The minimum atomic E-state index is -0.0352. The Bertz CT molecular complexity index is 409. The van der Waals surface area contributed by atoms with E-state index in [0.29, 0.717) is 18.4 Å². The van der Waals surface area contributed by atoms with Gasteiger partial charge < -0.3 is 14.1 Å². The molecule has 0 aliphatic heterocycles. The number of nitrogens with zero attached hydrogens (tertiary/aromatic N) is 1. The van der Waals surface area contributed by atoms with E-state index < -0.39 is 0 Å². The standard InChI is InChI=1S/C14H21NO3/c1-10(12-4-5-12)15(8-9-17-3)14-7-6-13(18-14)11(2)16/h6-7,10,12H,4-5,8-9H2,1-3H3. The Kier molecular flexibility index (Phi) is 4.07. The fourth-order valence-corrected chi connectivity index (χ4v) is 2.21. The minimum absolute atomic E-state index is 0.0352. The van der Waals surface area contributed by atoms with E-state index in [1.165, 1.54) is 19.8 Å². The van der Waals surface area contributed by atoms with Crippen molar-refractivity contribution in [3.63, 3.8) is 0 Å². The first kappa shape index (κ1) is 13.1. The Morgan fingerprint density at radius 3 is 2.78 bits per heavy atom. The van der Waals surface area contributed by atoms with Gasteiger partial charge in [-0.15, -0.1) is 0 Å². The van der Waals surface area contributed by atoms with Gasteiger partial charge in [0.1, 0.15) is 0 Å². The molecule has 100 valence electrons. The average Bonchev–Trinajstić information content (AvgIpc) is 3.08. The van der Waals surface area contributed by atoms with Gasteiger partial charge in [0, 0.05) is 32.7 Å². The number of rotatable bonds is 7. The quantitative estimate of drug-likeness (QED) is 0.699. The molecule has 0 aromatic carbocycles. The highest BCUT2D eigenvalue weighted by Crippen LogP contribution is 2.37. The predicted molar refractivity (Wildman–Crippen MR) is 70.1 cm³/mol. The van der Waals surface area contributed by atoms with Gasteiger partial charge in [-0.25, -0.2) is 0 Å². The highest BCUT2D eigenvalue weighted by atomic mass is 16.5. The van der Waals surface area contributed by atoms with Crippen LogP contribution in [0.3, 0.4) is 0 Å². The summed E-state index contributed by atoms with van der Waals surface area (Å²) in [5, 5.41) is 0. The second kappa shape index (κ2) is 5.57. The number of hydrogen-bond acceptors (Lipinski definition) is 4. The summed E-state index contributed by atoms with van der Waals surface area (Å²) in [6.07, 6.45) is 2.57. The third-order valence-electron chi connectivity index (χ3n) is 3.55. The van der Waals surface area contributed by atoms with Crippen LogP contribution in [0.4, 0.5) is 5.88 Å². The lowest BCUT2D eigenvalue weighted by Crippen LogP contribution is -2.37. The van der Waals surface area contributed by atoms with Crippen LogP contribution in [0.15, 0.2) is 16.5 Å². The van der Waals surface area contributed by atoms with Crippen molar-refractivity contribution in [2.24, 2.45) is 5.92 Å². The van der Waals surface area contributed by atoms with Crippen LogP contribution in [0.2, 0.25) is 0 Å². The van der Waals surface area contributed by atoms with Crippen LogP contribution >= 0.6 is 0 Å². The summed E-state index contributed by atoms with van der Waals surface area (Å²) in [5.74, 6) is 1.91. The van der Waals surface area contributed by atoms with Crippen molar-refractivity contribution in [1.29, 1.82) is 0 Å². The molecule has 18 heavy (non-hydrogen) atoms. The van der Waals surface area contributed by atoms with Crippen molar-refractivity contribution in [2.75, 3.05) is 25.2 Å². The van der Waals surface area contributed by atoms with Crippen molar-refractivity contribution >= 4 is 11.7 Å². The first-order valence-corrected chi connectivity index (χ1v) is 6.50. The number of carbonyl (C=O) groups excluding carboxylic acids is 1. The number of Topliss-reactive ketones (excluding diaryl/α,β-unsaturated/α-hetero) is 1. The molecule has 1 aliphatic carbocycles. The first-order valence-electron chi connectivity index (χ1n) is 6.50. The molecule has 1 saturated carbocycles. The van der Waals surface area contributed by atoms with Gasteiger partial charge in [0.2, 0.25) is 0 Å². The van der Waals surface area contributed by atoms with E-state index >= 15 is 0 Å². The Balaban J connectivity index is 2.12. The Morgan fingerprint density at radius 1 is 1.56 bits per heavy atom. The van der Waals surface area contributed by atoms with Crippen molar-refractivity contribution in [3.05, 3.63) is 17.9 Å². The van der Waals surface area contributed by atoms with E-state index in [0.717, 1.165) is 18.3 Å². The van der Waals surface area contributed by atoms with Gasteiger partial charge in [-0.2, -0.15) is 0 Å². The molecule has 1 atom stereocenters. The molecule has 1 unspecified atom stereocenters. The largest absolute Gasteiger partial charge is 0.437 e. The summed E-state index contributed by atoms with van der Waals surface area (Å²) in [7, 11) is 1.70. The SMILES string of the molecule is COCCN(c1ccc(C(C)=O)o1)C(C)C1CC1. The van der Waals surface area contributed by atoms with Crippen molar-refractivity contribution in [2.45, 2.75) is 32.7 Å². The maximum atomic E-state index is 11.3. The van der Waals surface area contributed by atoms with Crippen molar-refractivity contribution in [3.8, 4) is 0 Å². The lowest BCUT2D eigenvalue weighted by molar-refractivity contribution is 0.0987. The summed E-state index contributed by atoms with van der Waals surface area (Å²) >= 11 is 0. The minimum Gasteiger partial charge on any atom is -0.437 e. The monoisotopic (exact) mass is 251 g/mol. The maximum absolute atomic E-state index is 11.3. The van der Waals surface area contributed by atoms with Gasteiger partial charge in [-0.05, 0) is 31.7 Å². The van der Waals surface area contributed by atoms with E-state index in [2.05, 4.69) is 11.8 Å². The average molecular weight is 251 g/mol. The molecular weight excluding hydrogens is 230 g/mol. The van der Waals surface area contributed by atoms with E-state index in [4.69, 9.17) is 9.15 Å².